The van der Waals surface area contributed by atoms with E-state index in [1.807, 2.05) is 11.3 Å². The van der Waals surface area contributed by atoms with Crippen molar-refractivity contribution in [2.45, 2.75) is 45.4 Å². The van der Waals surface area contributed by atoms with E-state index >= 15 is 0 Å². The molecular weight excluding hydrogens is 204 g/mol. The molecule has 84 valence electrons. The summed E-state index contributed by atoms with van der Waals surface area (Å²) in [7, 11) is 0. The second-order valence-electron chi connectivity index (χ2n) is 4.17. The van der Waals surface area contributed by atoms with Gasteiger partial charge in [0.25, 0.3) is 0 Å². The van der Waals surface area contributed by atoms with Gasteiger partial charge in [0.1, 0.15) is 0 Å². The van der Waals surface area contributed by atoms with Gasteiger partial charge in [-0.15, -0.1) is 11.3 Å². The number of thiazole rings is 1. The molecule has 1 aliphatic rings. The molecule has 15 heavy (non-hydrogen) atoms. The second-order valence-corrected chi connectivity index (χ2v) is 5.29. The SMILES string of the molecule is CCc1nc(C2CCCNC2)sc1CC. The molecule has 0 bridgehead atoms. The van der Waals surface area contributed by atoms with Gasteiger partial charge in [0, 0.05) is 17.3 Å². The number of aryl methyl sites for hydroxylation is 2. The van der Waals surface area contributed by atoms with E-state index in [-0.39, 0.29) is 0 Å². The Hall–Kier alpha value is -0.410. The Kier molecular flexibility index (Phi) is 3.76. The number of hydrogen-bond acceptors (Lipinski definition) is 3. The Balaban J connectivity index is 2.16. The third-order valence-corrected chi connectivity index (χ3v) is 4.50. The minimum atomic E-state index is 0.675. The fraction of sp³-hybridized carbons (Fsp3) is 0.750. The van der Waals surface area contributed by atoms with E-state index in [0.29, 0.717) is 5.92 Å². The molecule has 1 fully saturated rings. The molecule has 2 rings (SSSR count). The van der Waals surface area contributed by atoms with Crippen molar-refractivity contribution < 1.29 is 0 Å². The predicted octanol–water partition coefficient (Wildman–Crippen LogP) is 2.73. The first-order chi connectivity index (χ1) is 7.35. The first-order valence-corrected chi connectivity index (χ1v) is 6.86. The molecule has 0 aromatic carbocycles. The highest BCUT2D eigenvalue weighted by atomic mass is 32.1. The molecule has 1 unspecified atom stereocenters. The molecule has 3 heteroatoms. The minimum Gasteiger partial charge on any atom is -0.316 e. The quantitative estimate of drug-likeness (QED) is 0.854. The molecule has 1 aromatic heterocycles. The molecule has 2 heterocycles. The monoisotopic (exact) mass is 224 g/mol. The fourth-order valence-corrected chi connectivity index (χ4v) is 3.42. The van der Waals surface area contributed by atoms with Crippen LogP contribution < -0.4 is 5.32 Å². The van der Waals surface area contributed by atoms with Crippen LogP contribution in [0, 0.1) is 0 Å². The van der Waals surface area contributed by atoms with Gasteiger partial charge in [-0.1, -0.05) is 13.8 Å². The standard InChI is InChI=1S/C12H20N2S/c1-3-10-11(4-2)15-12(14-10)9-6-5-7-13-8-9/h9,13H,3-8H2,1-2H3. The van der Waals surface area contributed by atoms with E-state index in [2.05, 4.69) is 19.2 Å². The lowest BCUT2D eigenvalue weighted by atomic mass is 10.0. The number of piperidine rings is 1. The van der Waals surface area contributed by atoms with Crippen molar-refractivity contribution in [3.8, 4) is 0 Å². The van der Waals surface area contributed by atoms with Gasteiger partial charge < -0.3 is 5.32 Å². The van der Waals surface area contributed by atoms with Gasteiger partial charge >= 0.3 is 0 Å². The van der Waals surface area contributed by atoms with Gasteiger partial charge in [0.2, 0.25) is 0 Å². The summed E-state index contributed by atoms with van der Waals surface area (Å²) in [5.41, 5.74) is 1.34. The molecule has 0 saturated carbocycles. The molecule has 1 aliphatic heterocycles. The van der Waals surface area contributed by atoms with Crippen LogP contribution in [0.15, 0.2) is 0 Å². The first kappa shape index (κ1) is 11.1. The molecule has 0 spiro atoms. The van der Waals surface area contributed by atoms with Gasteiger partial charge in [-0.05, 0) is 32.2 Å². The third-order valence-electron chi connectivity index (χ3n) is 3.10. The van der Waals surface area contributed by atoms with Crippen LogP contribution in [0.2, 0.25) is 0 Å². The minimum absolute atomic E-state index is 0.675. The topological polar surface area (TPSA) is 24.9 Å². The summed E-state index contributed by atoms with van der Waals surface area (Å²) >= 11 is 1.94. The summed E-state index contributed by atoms with van der Waals surface area (Å²) < 4.78 is 0. The van der Waals surface area contributed by atoms with E-state index in [1.165, 1.54) is 35.0 Å². The highest BCUT2D eigenvalue weighted by Crippen LogP contribution is 2.29. The van der Waals surface area contributed by atoms with Crippen LogP contribution in [-0.2, 0) is 12.8 Å². The highest BCUT2D eigenvalue weighted by Gasteiger charge is 2.19. The molecular formula is C12H20N2S. The van der Waals surface area contributed by atoms with Crippen LogP contribution >= 0.6 is 11.3 Å². The maximum atomic E-state index is 4.80. The molecule has 2 nitrogen and oxygen atoms in total. The van der Waals surface area contributed by atoms with Gasteiger partial charge in [-0.3, -0.25) is 0 Å². The summed E-state index contributed by atoms with van der Waals surface area (Å²) in [6.07, 6.45) is 4.83. The summed E-state index contributed by atoms with van der Waals surface area (Å²) in [6, 6.07) is 0. The Bertz CT molecular complexity index is 292. The van der Waals surface area contributed by atoms with E-state index in [1.54, 1.807) is 0 Å². The number of nitrogens with zero attached hydrogens (tertiary/aromatic N) is 1. The Morgan fingerprint density at radius 3 is 2.80 bits per heavy atom. The van der Waals surface area contributed by atoms with Gasteiger partial charge in [0.15, 0.2) is 0 Å². The molecule has 0 aliphatic carbocycles. The van der Waals surface area contributed by atoms with Crippen molar-refractivity contribution >= 4 is 11.3 Å². The molecule has 1 N–H and O–H groups in total. The summed E-state index contributed by atoms with van der Waals surface area (Å²) in [5.74, 6) is 0.675. The van der Waals surface area contributed by atoms with Crippen LogP contribution in [-0.4, -0.2) is 18.1 Å². The summed E-state index contributed by atoms with van der Waals surface area (Å²) in [4.78, 5) is 6.30. The molecule has 1 saturated heterocycles. The van der Waals surface area contributed by atoms with Crippen LogP contribution in [0.4, 0.5) is 0 Å². The van der Waals surface area contributed by atoms with E-state index in [4.69, 9.17) is 4.98 Å². The van der Waals surface area contributed by atoms with Crippen molar-refractivity contribution in [3.05, 3.63) is 15.6 Å². The average Bonchev–Trinajstić information content (AvgIpc) is 2.73. The van der Waals surface area contributed by atoms with Crippen LogP contribution in [0.25, 0.3) is 0 Å². The van der Waals surface area contributed by atoms with Crippen molar-refractivity contribution in [1.82, 2.24) is 10.3 Å². The maximum Gasteiger partial charge on any atom is 0.0974 e. The van der Waals surface area contributed by atoms with Crippen molar-refractivity contribution in [1.29, 1.82) is 0 Å². The number of nitrogens with one attached hydrogen (secondary N) is 1. The largest absolute Gasteiger partial charge is 0.316 e. The molecule has 1 aromatic rings. The number of hydrogen-bond donors (Lipinski definition) is 1. The lowest BCUT2D eigenvalue weighted by Gasteiger charge is -2.20. The average molecular weight is 224 g/mol. The van der Waals surface area contributed by atoms with Gasteiger partial charge in [0.05, 0.1) is 10.7 Å². The number of rotatable bonds is 3. The lowest BCUT2D eigenvalue weighted by Crippen LogP contribution is -2.28. The van der Waals surface area contributed by atoms with Crippen LogP contribution in [0.3, 0.4) is 0 Å². The number of aromatic nitrogens is 1. The van der Waals surface area contributed by atoms with Crippen molar-refractivity contribution in [3.63, 3.8) is 0 Å². The van der Waals surface area contributed by atoms with Crippen LogP contribution in [0.1, 0.15) is 48.2 Å². The van der Waals surface area contributed by atoms with Gasteiger partial charge in [-0.25, -0.2) is 4.98 Å². The third kappa shape index (κ3) is 2.40. The van der Waals surface area contributed by atoms with Gasteiger partial charge in [-0.2, -0.15) is 0 Å². The Morgan fingerprint density at radius 1 is 1.40 bits per heavy atom. The molecule has 0 amide bonds. The lowest BCUT2D eigenvalue weighted by molar-refractivity contribution is 0.460. The van der Waals surface area contributed by atoms with E-state index in [9.17, 15) is 0 Å². The normalized spacial score (nSPS) is 21.9. The van der Waals surface area contributed by atoms with E-state index in [0.717, 1.165) is 19.4 Å². The van der Waals surface area contributed by atoms with Crippen LogP contribution in [0.5, 0.6) is 0 Å². The maximum absolute atomic E-state index is 4.80. The molecule has 1 atom stereocenters. The van der Waals surface area contributed by atoms with Crippen molar-refractivity contribution in [2.75, 3.05) is 13.1 Å². The zero-order valence-electron chi connectivity index (χ0n) is 9.68. The predicted molar refractivity (Wildman–Crippen MR) is 65.7 cm³/mol. The van der Waals surface area contributed by atoms with Crippen molar-refractivity contribution in [2.24, 2.45) is 0 Å². The molecule has 0 radical (unpaired) electrons. The fourth-order valence-electron chi connectivity index (χ4n) is 2.19. The Labute approximate surface area is 96.1 Å². The Morgan fingerprint density at radius 2 is 2.27 bits per heavy atom. The summed E-state index contributed by atoms with van der Waals surface area (Å²) in [5, 5.41) is 4.84. The zero-order chi connectivity index (χ0) is 10.7. The smallest absolute Gasteiger partial charge is 0.0974 e. The zero-order valence-corrected chi connectivity index (χ0v) is 10.5. The highest BCUT2D eigenvalue weighted by molar-refractivity contribution is 7.11. The summed E-state index contributed by atoms with van der Waals surface area (Å²) in [6.45, 7) is 6.75. The second kappa shape index (κ2) is 5.08. The van der Waals surface area contributed by atoms with E-state index < -0.39 is 0 Å². The first-order valence-electron chi connectivity index (χ1n) is 6.04.